The molecule has 0 heterocycles. The van der Waals surface area contributed by atoms with Gasteiger partial charge < -0.3 is 10.8 Å². The molecule has 0 atom stereocenters. The highest BCUT2D eigenvalue weighted by Gasteiger charge is 2.12. The zero-order valence-electron chi connectivity index (χ0n) is 7.12. The number of carboxylic acid groups (broad SMARTS) is 1. The van der Waals surface area contributed by atoms with E-state index >= 15 is 0 Å². The quantitative estimate of drug-likeness (QED) is 0.772. The number of hydrogen-bond donors (Lipinski definition) is 2. The van der Waals surface area contributed by atoms with Gasteiger partial charge in [-0.2, -0.15) is 5.26 Å². The monoisotopic (exact) mass is 210 g/mol. The van der Waals surface area contributed by atoms with Gasteiger partial charge in [-0.3, -0.25) is 0 Å². The van der Waals surface area contributed by atoms with Crippen LogP contribution in [0.15, 0.2) is 12.1 Å². The summed E-state index contributed by atoms with van der Waals surface area (Å²) in [5.74, 6) is -1.16. The lowest BCUT2D eigenvalue weighted by atomic mass is 10.0. The van der Waals surface area contributed by atoms with Crippen LogP contribution in [-0.2, 0) is 6.54 Å². The summed E-state index contributed by atoms with van der Waals surface area (Å²) in [6.07, 6.45) is 0. The molecule has 0 saturated heterocycles. The van der Waals surface area contributed by atoms with Crippen molar-refractivity contribution in [2.75, 3.05) is 0 Å². The molecule has 0 aliphatic carbocycles. The van der Waals surface area contributed by atoms with E-state index in [4.69, 9.17) is 27.7 Å². The number of hydrogen-bond acceptors (Lipinski definition) is 3. The molecule has 5 heteroatoms. The molecule has 72 valence electrons. The lowest BCUT2D eigenvalue weighted by Crippen LogP contribution is -2.04. The van der Waals surface area contributed by atoms with Gasteiger partial charge in [-0.1, -0.05) is 11.6 Å². The number of nitriles is 1. The second-order valence-electron chi connectivity index (χ2n) is 2.61. The third kappa shape index (κ3) is 1.84. The van der Waals surface area contributed by atoms with Crippen molar-refractivity contribution in [3.8, 4) is 6.07 Å². The van der Waals surface area contributed by atoms with E-state index in [1.165, 1.54) is 12.1 Å². The first kappa shape index (κ1) is 10.5. The molecule has 0 radical (unpaired) electrons. The van der Waals surface area contributed by atoms with Gasteiger partial charge in [-0.05, 0) is 17.7 Å². The van der Waals surface area contributed by atoms with Gasteiger partial charge in [0.1, 0.15) is 0 Å². The summed E-state index contributed by atoms with van der Waals surface area (Å²) in [4.78, 5) is 10.7. The minimum atomic E-state index is -1.16. The van der Waals surface area contributed by atoms with E-state index in [0.717, 1.165) is 0 Å². The summed E-state index contributed by atoms with van der Waals surface area (Å²) in [5, 5.41) is 17.5. The largest absolute Gasteiger partial charge is 0.478 e. The molecule has 0 unspecified atom stereocenters. The Bertz CT molecular complexity index is 424. The van der Waals surface area contributed by atoms with Crippen LogP contribution in [0.25, 0.3) is 0 Å². The highest BCUT2D eigenvalue weighted by Crippen LogP contribution is 2.21. The Labute approximate surface area is 85.5 Å². The minimum absolute atomic E-state index is 0.0829. The first-order chi connectivity index (χ1) is 6.60. The van der Waals surface area contributed by atoms with Gasteiger partial charge >= 0.3 is 5.97 Å². The molecule has 14 heavy (non-hydrogen) atoms. The lowest BCUT2D eigenvalue weighted by Gasteiger charge is -2.04. The maximum absolute atomic E-state index is 10.7. The summed E-state index contributed by atoms with van der Waals surface area (Å²) >= 11 is 5.69. The molecule has 1 aromatic rings. The third-order valence-corrected chi connectivity index (χ3v) is 2.08. The first-order valence-corrected chi connectivity index (χ1v) is 4.13. The number of aromatic carboxylic acids is 1. The van der Waals surface area contributed by atoms with E-state index in [-0.39, 0.29) is 22.7 Å². The van der Waals surface area contributed by atoms with Crippen LogP contribution in [0.1, 0.15) is 21.5 Å². The highest BCUT2D eigenvalue weighted by atomic mass is 35.5. The smallest absolute Gasteiger partial charge is 0.337 e. The predicted octanol–water partition coefficient (Wildman–Crippen LogP) is 1.37. The molecule has 3 N–H and O–H groups in total. The summed E-state index contributed by atoms with van der Waals surface area (Å²) < 4.78 is 0. The van der Waals surface area contributed by atoms with E-state index < -0.39 is 5.97 Å². The Morgan fingerprint density at radius 3 is 2.71 bits per heavy atom. The molecule has 1 aromatic carbocycles. The van der Waals surface area contributed by atoms with Gasteiger partial charge in [0.15, 0.2) is 0 Å². The van der Waals surface area contributed by atoms with E-state index in [0.29, 0.717) is 5.56 Å². The average Bonchev–Trinajstić information content (AvgIpc) is 2.16. The zero-order chi connectivity index (χ0) is 10.7. The molecule has 0 saturated carbocycles. The van der Waals surface area contributed by atoms with Crippen LogP contribution in [0.5, 0.6) is 0 Å². The summed E-state index contributed by atoms with van der Waals surface area (Å²) in [5.41, 5.74) is 6.07. The highest BCUT2D eigenvalue weighted by molar-refractivity contribution is 6.33. The van der Waals surface area contributed by atoms with Crippen molar-refractivity contribution >= 4 is 17.6 Å². The topological polar surface area (TPSA) is 87.1 Å². The number of carbonyl (C=O) groups is 1. The Kier molecular flexibility index (Phi) is 3.07. The molecule has 0 aliphatic rings. The fourth-order valence-corrected chi connectivity index (χ4v) is 1.32. The fraction of sp³-hybridized carbons (Fsp3) is 0.111. The van der Waals surface area contributed by atoms with Crippen LogP contribution >= 0.6 is 11.6 Å². The van der Waals surface area contributed by atoms with Crippen LogP contribution in [0.2, 0.25) is 5.02 Å². The molecular formula is C9H7ClN2O2. The summed E-state index contributed by atoms with van der Waals surface area (Å²) in [6.45, 7) is 0.155. The summed E-state index contributed by atoms with van der Waals surface area (Å²) in [6, 6.07) is 4.50. The minimum Gasteiger partial charge on any atom is -0.478 e. The van der Waals surface area contributed by atoms with Crippen LogP contribution < -0.4 is 5.73 Å². The van der Waals surface area contributed by atoms with Crippen molar-refractivity contribution in [1.29, 1.82) is 5.26 Å². The van der Waals surface area contributed by atoms with Gasteiger partial charge in [0, 0.05) is 6.54 Å². The summed E-state index contributed by atoms with van der Waals surface area (Å²) in [7, 11) is 0. The normalized spacial score (nSPS) is 9.50. The van der Waals surface area contributed by atoms with E-state index in [2.05, 4.69) is 0 Å². The van der Waals surface area contributed by atoms with E-state index in [9.17, 15) is 4.79 Å². The number of rotatable bonds is 2. The van der Waals surface area contributed by atoms with Crippen molar-refractivity contribution in [3.63, 3.8) is 0 Å². The van der Waals surface area contributed by atoms with Crippen LogP contribution in [0.4, 0.5) is 0 Å². The van der Waals surface area contributed by atoms with E-state index in [1.54, 1.807) is 0 Å². The van der Waals surface area contributed by atoms with Gasteiger partial charge in [-0.15, -0.1) is 0 Å². The van der Waals surface area contributed by atoms with Crippen molar-refractivity contribution in [1.82, 2.24) is 0 Å². The Morgan fingerprint density at radius 2 is 2.29 bits per heavy atom. The second-order valence-corrected chi connectivity index (χ2v) is 3.02. The van der Waals surface area contributed by atoms with Crippen molar-refractivity contribution in [2.45, 2.75) is 6.54 Å². The van der Waals surface area contributed by atoms with Crippen molar-refractivity contribution < 1.29 is 9.90 Å². The van der Waals surface area contributed by atoms with Crippen LogP contribution in [0.3, 0.4) is 0 Å². The van der Waals surface area contributed by atoms with Gasteiger partial charge in [0.05, 0.1) is 22.2 Å². The Morgan fingerprint density at radius 1 is 1.64 bits per heavy atom. The SMILES string of the molecule is N#Cc1cc(C(=O)O)c(Cl)cc1CN. The maximum Gasteiger partial charge on any atom is 0.337 e. The molecule has 0 aliphatic heterocycles. The van der Waals surface area contributed by atoms with Crippen LogP contribution in [0, 0.1) is 11.3 Å². The standard InChI is InChI=1S/C9H7ClN2O2/c10-8-2-6(4-12)5(3-11)1-7(8)9(13)14/h1-2H,4,12H2,(H,13,14). The number of nitrogens with zero attached hydrogens (tertiary/aromatic N) is 1. The number of benzene rings is 1. The fourth-order valence-electron chi connectivity index (χ4n) is 1.05. The lowest BCUT2D eigenvalue weighted by molar-refractivity contribution is 0.0697. The average molecular weight is 211 g/mol. The van der Waals surface area contributed by atoms with Crippen molar-refractivity contribution in [3.05, 3.63) is 33.8 Å². The maximum atomic E-state index is 10.7. The Hall–Kier alpha value is -1.57. The molecule has 4 nitrogen and oxygen atoms in total. The molecule has 1 rings (SSSR count). The van der Waals surface area contributed by atoms with Gasteiger partial charge in [-0.25, -0.2) is 4.79 Å². The number of halogens is 1. The third-order valence-electron chi connectivity index (χ3n) is 1.76. The molecule has 0 spiro atoms. The first-order valence-electron chi connectivity index (χ1n) is 3.76. The zero-order valence-corrected chi connectivity index (χ0v) is 7.88. The molecule has 0 fully saturated rings. The van der Waals surface area contributed by atoms with E-state index in [1.807, 2.05) is 6.07 Å². The molecule has 0 amide bonds. The number of carboxylic acids is 1. The predicted molar refractivity (Wildman–Crippen MR) is 51.0 cm³/mol. The number of nitrogens with two attached hydrogens (primary N) is 1. The van der Waals surface area contributed by atoms with Crippen LogP contribution in [-0.4, -0.2) is 11.1 Å². The Balaban J connectivity index is 3.40. The van der Waals surface area contributed by atoms with Gasteiger partial charge in [0.2, 0.25) is 0 Å². The molecule has 0 aromatic heterocycles. The second kappa shape index (κ2) is 4.09. The molecular weight excluding hydrogens is 204 g/mol. The van der Waals surface area contributed by atoms with Crippen molar-refractivity contribution in [2.24, 2.45) is 5.73 Å². The molecule has 0 bridgehead atoms. The van der Waals surface area contributed by atoms with Gasteiger partial charge in [0.25, 0.3) is 0 Å².